The molecule has 0 radical (unpaired) electrons. The zero-order chi connectivity index (χ0) is 12.5. The minimum absolute atomic E-state index is 1.24. The molecular formula is C17H20. The van der Waals surface area contributed by atoms with Crippen LogP contribution in [0, 0.1) is 6.92 Å². The van der Waals surface area contributed by atoms with Crippen molar-refractivity contribution in [1.82, 2.24) is 0 Å². The molecule has 0 heteroatoms. The minimum atomic E-state index is 1.24. The van der Waals surface area contributed by atoms with Gasteiger partial charge < -0.3 is 0 Å². The monoisotopic (exact) mass is 224 g/mol. The second-order valence-corrected chi connectivity index (χ2v) is 3.66. The van der Waals surface area contributed by atoms with Crippen molar-refractivity contribution in [2.75, 3.05) is 0 Å². The molecule has 0 atom stereocenters. The highest BCUT2D eigenvalue weighted by molar-refractivity contribution is 5.69. The number of hydrogen-bond donors (Lipinski definition) is 0. The van der Waals surface area contributed by atoms with Gasteiger partial charge in [-0.25, -0.2) is 0 Å². The fourth-order valence-electron chi connectivity index (χ4n) is 1.53. The van der Waals surface area contributed by atoms with E-state index in [1.807, 2.05) is 19.9 Å². The number of benzene rings is 2. The summed E-state index contributed by atoms with van der Waals surface area (Å²) in [5, 5.41) is 0. The lowest BCUT2D eigenvalue weighted by molar-refractivity contribution is 1.46. The molecule has 88 valence electrons. The smallest absolute Gasteiger partial charge is 0.0254 e. The molecule has 2 rings (SSSR count). The highest BCUT2D eigenvalue weighted by Crippen LogP contribution is 2.09. The Labute approximate surface area is 105 Å². The van der Waals surface area contributed by atoms with Gasteiger partial charge in [-0.05, 0) is 18.1 Å². The predicted octanol–water partition coefficient (Wildman–Crippen LogP) is 5.19. The largest absolute Gasteiger partial charge is 0.0683 e. The van der Waals surface area contributed by atoms with Gasteiger partial charge in [0.1, 0.15) is 0 Å². The lowest BCUT2D eigenvalue weighted by Gasteiger charge is -1.95. The zero-order valence-electron chi connectivity index (χ0n) is 10.9. The highest BCUT2D eigenvalue weighted by Gasteiger charge is 1.87. The first-order valence-electron chi connectivity index (χ1n) is 6.14. The Morgan fingerprint density at radius 3 is 1.94 bits per heavy atom. The third kappa shape index (κ3) is 4.69. The Morgan fingerprint density at radius 2 is 1.29 bits per heavy atom. The molecule has 0 N–H and O–H groups in total. The fraction of sp³-hybridized carbons (Fsp3) is 0.176. The van der Waals surface area contributed by atoms with E-state index in [9.17, 15) is 0 Å². The van der Waals surface area contributed by atoms with Crippen LogP contribution in [0.4, 0.5) is 0 Å². The Bertz CT molecular complexity index is 452. The Morgan fingerprint density at radius 1 is 0.706 bits per heavy atom. The molecule has 0 unspecified atom stereocenters. The molecule has 0 spiro atoms. The standard InChI is InChI=1S/C15H14.C2H6/c1-13-6-5-9-15(12-13)11-10-14-7-3-2-4-8-14;1-2/h2-12H,1H3;1-2H3/b11-10+;. The molecule has 0 aliphatic rings. The number of hydrogen-bond acceptors (Lipinski definition) is 0. The van der Waals surface area contributed by atoms with Crippen molar-refractivity contribution in [3.8, 4) is 0 Å². The van der Waals surface area contributed by atoms with E-state index in [0.29, 0.717) is 0 Å². The van der Waals surface area contributed by atoms with Crippen molar-refractivity contribution in [2.45, 2.75) is 20.8 Å². The van der Waals surface area contributed by atoms with Gasteiger partial charge in [0.2, 0.25) is 0 Å². The third-order valence-electron chi connectivity index (χ3n) is 2.31. The maximum atomic E-state index is 2.18. The summed E-state index contributed by atoms with van der Waals surface area (Å²) in [6, 6.07) is 18.8. The van der Waals surface area contributed by atoms with E-state index >= 15 is 0 Å². The van der Waals surface area contributed by atoms with Gasteiger partial charge in [0.25, 0.3) is 0 Å². The fourth-order valence-corrected chi connectivity index (χ4v) is 1.53. The van der Waals surface area contributed by atoms with Crippen molar-refractivity contribution in [1.29, 1.82) is 0 Å². The molecule has 0 aliphatic carbocycles. The highest BCUT2D eigenvalue weighted by atomic mass is 13.9. The van der Waals surface area contributed by atoms with Crippen LogP contribution >= 0.6 is 0 Å². The van der Waals surface area contributed by atoms with Crippen molar-refractivity contribution >= 4 is 12.2 Å². The SMILES string of the molecule is CC.Cc1cccc(/C=C/c2ccccc2)c1. The van der Waals surface area contributed by atoms with Crippen LogP contribution < -0.4 is 0 Å². The van der Waals surface area contributed by atoms with Gasteiger partial charge in [-0.2, -0.15) is 0 Å². The second-order valence-electron chi connectivity index (χ2n) is 3.66. The van der Waals surface area contributed by atoms with E-state index in [-0.39, 0.29) is 0 Å². The summed E-state index contributed by atoms with van der Waals surface area (Å²) in [6.07, 6.45) is 4.27. The maximum absolute atomic E-state index is 2.18. The average molecular weight is 224 g/mol. The third-order valence-corrected chi connectivity index (χ3v) is 2.31. The molecule has 0 bridgehead atoms. The number of aryl methyl sites for hydroxylation is 1. The van der Waals surface area contributed by atoms with Crippen LogP contribution in [0.15, 0.2) is 54.6 Å². The first-order chi connectivity index (χ1) is 8.34. The van der Waals surface area contributed by atoms with Crippen molar-refractivity contribution in [3.05, 3.63) is 71.3 Å². The first-order valence-corrected chi connectivity index (χ1v) is 6.14. The summed E-state index contributed by atoms with van der Waals surface area (Å²) in [5.74, 6) is 0. The van der Waals surface area contributed by atoms with Crippen LogP contribution in [-0.4, -0.2) is 0 Å². The average Bonchev–Trinajstić information content (AvgIpc) is 2.40. The van der Waals surface area contributed by atoms with E-state index in [1.165, 1.54) is 16.7 Å². The van der Waals surface area contributed by atoms with Crippen molar-refractivity contribution in [3.63, 3.8) is 0 Å². The van der Waals surface area contributed by atoms with E-state index in [1.54, 1.807) is 0 Å². The molecular weight excluding hydrogens is 204 g/mol. The molecule has 0 nitrogen and oxygen atoms in total. The van der Waals surface area contributed by atoms with E-state index in [4.69, 9.17) is 0 Å². The van der Waals surface area contributed by atoms with E-state index in [2.05, 4.69) is 67.6 Å². The minimum Gasteiger partial charge on any atom is -0.0683 e. The molecule has 0 saturated carbocycles. The summed E-state index contributed by atoms with van der Waals surface area (Å²) >= 11 is 0. The van der Waals surface area contributed by atoms with Gasteiger partial charge in [-0.15, -0.1) is 0 Å². The van der Waals surface area contributed by atoms with Crippen LogP contribution in [0.5, 0.6) is 0 Å². The predicted molar refractivity (Wildman–Crippen MR) is 77.9 cm³/mol. The van der Waals surface area contributed by atoms with Crippen LogP contribution in [0.2, 0.25) is 0 Å². The van der Waals surface area contributed by atoms with Crippen LogP contribution in [-0.2, 0) is 0 Å². The summed E-state index contributed by atoms with van der Waals surface area (Å²) in [4.78, 5) is 0. The molecule has 2 aromatic rings. The van der Waals surface area contributed by atoms with Crippen LogP contribution in [0.3, 0.4) is 0 Å². The summed E-state index contributed by atoms with van der Waals surface area (Å²) in [5.41, 5.74) is 3.78. The quantitative estimate of drug-likeness (QED) is 0.616. The van der Waals surface area contributed by atoms with Crippen molar-refractivity contribution in [2.24, 2.45) is 0 Å². The van der Waals surface area contributed by atoms with Crippen molar-refractivity contribution < 1.29 is 0 Å². The molecule has 2 aromatic carbocycles. The molecule has 17 heavy (non-hydrogen) atoms. The number of rotatable bonds is 2. The van der Waals surface area contributed by atoms with Gasteiger partial charge in [-0.3, -0.25) is 0 Å². The lowest BCUT2D eigenvalue weighted by atomic mass is 10.1. The summed E-state index contributed by atoms with van der Waals surface area (Å²) in [7, 11) is 0. The maximum Gasteiger partial charge on any atom is -0.0254 e. The van der Waals surface area contributed by atoms with E-state index in [0.717, 1.165) is 0 Å². The molecule has 0 aliphatic heterocycles. The van der Waals surface area contributed by atoms with Gasteiger partial charge in [0.05, 0.1) is 0 Å². The normalized spacial score (nSPS) is 9.82. The molecule has 0 amide bonds. The summed E-state index contributed by atoms with van der Waals surface area (Å²) < 4.78 is 0. The first kappa shape index (κ1) is 13.2. The Hall–Kier alpha value is -1.82. The lowest BCUT2D eigenvalue weighted by Crippen LogP contribution is -1.74. The van der Waals surface area contributed by atoms with Gasteiger partial charge in [-0.1, -0.05) is 86.2 Å². The molecule has 0 fully saturated rings. The Kier molecular flexibility index (Phi) is 5.81. The molecule has 0 saturated heterocycles. The van der Waals surface area contributed by atoms with E-state index < -0.39 is 0 Å². The van der Waals surface area contributed by atoms with Gasteiger partial charge in [0.15, 0.2) is 0 Å². The summed E-state index contributed by atoms with van der Waals surface area (Å²) in [6.45, 7) is 6.11. The topological polar surface area (TPSA) is 0 Å². The van der Waals surface area contributed by atoms with Crippen LogP contribution in [0.1, 0.15) is 30.5 Å². The second kappa shape index (κ2) is 7.45. The van der Waals surface area contributed by atoms with Gasteiger partial charge >= 0.3 is 0 Å². The molecule has 0 heterocycles. The zero-order valence-corrected chi connectivity index (χ0v) is 10.9. The van der Waals surface area contributed by atoms with Gasteiger partial charge in [0, 0.05) is 0 Å². The molecule has 0 aromatic heterocycles. The van der Waals surface area contributed by atoms with Crippen LogP contribution in [0.25, 0.3) is 12.2 Å². The Balaban J connectivity index is 0.000000686.